The van der Waals surface area contributed by atoms with Crippen molar-refractivity contribution in [2.45, 2.75) is 6.92 Å². The third-order valence-electron chi connectivity index (χ3n) is 3.40. The van der Waals surface area contributed by atoms with Gasteiger partial charge < -0.3 is 14.6 Å². The normalized spacial score (nSPS) is 16.8. The van der Waals surface area contributed by atoms with Gasteiger partial charge in [-0.25, -0.2) is 0 Å². The zero-order valence-corrected chi connectivity index (χ0v) is 11.1. The van der Waals surface area contributed by atoms with Gasteiger partial charge in [0.1, 0.15) is 5.76 Å². The predicted molar refractivity (Wildman–Crippen MR) is 69.7 cm³/mol. The van der Waals surface area contributed by atoms with Crippen molar-refractivity contribution in [2.75, 3.05) is 46.3 Å². The van der Waals surface area contributed by atoms with E-state index in [1.165, 1.54) is 0 Å². The summed E-state index contributed by atoms with van der Waals surface area (Å²) in [6.07, 6.45) is 1.56. The van der Waals surface area contributed by atoms with E-state index in [0.29, 0.717) is 11.3 Å². The van der Waals surface area contributed by atoms with Gasteiger partial charge in [-0.15, -0.1) is 0 Å². The predicted octanol–water partition coefficient (Wildman–Crippen LogP) is 0.565. The number of carbonyl (C=O) groups excluding carboxylic acids is 1. The first-order chi connectivity index (χ1) is 8.68. The summed E-state index contributed by atoms with van der Waals surface area (Å²) in [5, 5.41) is 3.32. The van der Waals surface area contributed by atoms with E-state index in [0.717, 1.165) is 39.3 Å². The number of carbonyl (C=O) groups is 1. The first-order valence-corrected chi connectivity index (χ1v) is 6.41. The summed E-state index contributed by atoms with van der Waals surface area (Å²) in [4.78, 5) is 16.3. The zero-order valence-electron chi connectivity index (χ0n) is 11.1. The first-order valence-electron chi connectivity index (χ1n) is 6.41. The average Bonchev–Trinajstić information content (AvgIpc) is 2.82. The van der Waals surface area contributed by atoms with Gasteiger partial charge in [0.2, 0.25) is 0 Å². The van der Waals surface area contributed by atoms with Gasteiger partial charge in [-0.3, -0.25) is 9.69 Å². The van der Waals surface area contributed by atoms with Crippen molar-refractivity contribution in [3.63, 3.8) is 0 Å². The Morgan fingerprint density at radius 3 is 2.83 bits per heavy atom. The number of aryl methyl sites for hydroxylation is 1. The van der Waals surface area contributed by atoms with Crippen molar-refractivity contribution in [1.82, 2.24) is 15.1 Å². The molecular formula is C13H21N3O2. The Morgan fingerprint density at radius 2 is 2.22 bits per heavy atom. The molecule has 0 aliphatic carbocycles. The third-order valence-corrected chi connectivity index (χ3v) is 3.40. The van der Waals surface area contributed by atoms with Crippen molar-refractivity contribution in [2.24, 2.45) is 0 Å². The standard InChI is InChI=1S/C13H21N3O2/c1-11-12(3-10-18-11)13(17)15(2)8-9-16-6-4-14-5-7-16/h3,10,14H,4-9H2,1-2H3. The number of likely N-dealkylation sites (N-methyl/N-ethyl adjacent to an activating group) is 1. The number of nitrogens with zero attached hydrogens (tertiary/aromatic N) is 2. The van der Waals surface area contributed by atoms with E-state index in [4.69, 9.17) is 4.42 Å². The van der Waals surface area contributed by atoms with Crippen LogP contribution in [0.4, 0.5) is 0 Å². The maximum absolute atomic E-state index is 12.1. The lowest BCUT2D eigenvalue weighted by Gasteiger charge is -2.29. The maximum atomic E-state index is 12.1. The molecule has 0 spiro atoms. The molecule has 0 aromatic carbocycles. The van der Waals surface area contributed by atoms with Crippen LogP contribution in [0.2, 0.25) is 0 Å². The molecular weight excluding hydrogens is 230 g/mol. The summed E-state index contributed by atoms with van der Waals surface area (Å²) in [7, 11) is 1.84. The van der Waals surface area contributed by atoms with Gasteiger partial charge in [0.25, 0.3) is 5.91 Å². The number of rotatable bonds is 4. The smallest absolute Gasteiger partial charge is 0.257 e. The molecule has 100 valence electrons. The Hall–Kier alpha value is -1.33. The fourth-order valence-electron chi connectivity index (χ4n) is 2.14. The lowest BCUT2D eigenvalue weighted by Crippen LogP contribution is -2.46. The summed E-state index contributed by atoms with van der Waals surface area (Å²) in [6, 6.07) is 1.74. The molecule has 0 radical (unpaired) electrons. The lowest BCUT2D eigenvalue weighted by molar-refractivity contribution is 0.0773. The monoisotopic (exact) mass is 251 g/mol. The Bertz CT molecular complexity index is 397. The molecule has 1 aliphatic rings. The van der Waals surface area contributed by atoms with Crippen LogP contribution in [0.15, 0.2) is 16.7 Å². The van der Waals surface area contributed by atoms with Crippen molar-refractivity contribution >= 4 is 5.91 Å². The highest BCUT2D eigenvalue weighted by molar-refractivity contribution is 5.94. The molecule has 1 saturated heterocycles. The Kier molecular flexibility index (Phi) is 4.38. The summed E-state index contributed by atoms with van der Waals surface area (Å²) >= 11 is 0. The minimum atomic E-state index is 0.0383. The number of amides is 1. The quantitative estimate of drug-likeness (QED) is 0.850. The Balaban J connectivity index is 1.82. The molecule has 5 heteroatoms. The van der Waals surface area contributed by atoms with E-state index in [1.807, 2.05) is 14.0 Å². The van der Waals surface area contributed by atoms with Crippen LogP contribution in [-0.4, -0.2) is 62.0 Å². The summed E-state index contributed by atoms with van der Waals surface area (Å²) < 4.78 is 5.16. The zero-order chi connectivity index (χ0) is 13.0. The van der Waals surface area contributed by atoms with Crippen molar-refractivity contribution < 1.29 is 9.21 Å². The van der Waals surface area contributed by atoms with E-state index in [9.17, 15) is 4.79 Å². The van der Waals surface area contributed by atoms with E-state index in [2.05, 4.69) is 10.2 Å². The van der Waals surface area contributed by atoms with Crippen LogP contribution >= 0.6 is 0 Å². The molecule has 5 nitrogen and oxygen atoms in total. The van der Waals surface area contributed by atoms with Crippen LogP contribution in [0.3, 0.4) is 0 Å². The molecule has 18 heavy (non-hydrogen) atoms. The molecule has 0 unspecified atom stereocenters. The topological polar surface area (TPSA) is 48.7 Å². The van der Waals surface area contributed by atoms with Crippen LogP contribution in [0, 0.1) is 6.92 Å². The lowest BCUT2D eigenvalue weighted by atomic mass is 10.2. The minimum Gasteiger partial charge on any atom is -0.469 e. The average molecular weight is 251 g/mol. The van der Waals surface area contributed by atoms with Crippen molar-refractivity contribution in [3.05, 3.63) is 23.7 Å². The van der Waals surface area contributed by atoms with Gasteiger partial charge in [0, 0.05) is 46.3 Å². The number of nitrogens with one attached hydrogen (secondary N) is 1. The van der Waals surface area contributed by atoms with Gasteiger partial charge in [-0.05, 0) is 13.0 Å². The van der Waals surface area contributed by atoms with Gasteiger partial charge in [-0.2, -0.15) is 0 Å². The molecule has 2 heterocycles. The summed E-state index contributed by atoms with van der Waals surface area (Å²) in [6.45, 7) is 7.71. The Morgan fingerprint density at radius 1 is 1.50 bits per heavy atom. The SMILES string of the molecule is Cc1occc1C(=O)N(C)CCN1CCNCC1. The second-order valence-corrected chi connectivity index (χ2v) is 4.71. The second-order valence-electron chi connectivity index (χ2n) is 4.71. The fraction of sp³-hybridized carbons (Fsp3) is 0.615. The number of piperazine rings is 1. The number of furan rings is 1. The largest absolute Gasteiger partial charge is 0.469 e. The molecule has 0 atom stereocenters. The van der Waals surface area contributed by atoms with Crippen molar-refractivity contribution in [3.8, 4) is 0 Å². The molecule has 1 aliphatic heterocycles. The highest BCUT2D eigenvalue weighted by atomic mass is 16.3. The highest BCUT2D eigenvalue weighted by Crippen LogP contribution is 2.11. The van der Waals surface area contributed by atoms with Crippen LogP contribution in [-0.2, 0) is 0 Å². The summed E-state index contributed by atoms with van der Waals surface area (Å²) in [5.74, 6) is 0.727. The Labute approximate surface area is 108 Å². The molecule has 1 N–H and O–H groups in total. The van der Waals surface area contributed by atoms with Crippen LogP contribution in [0.1, 0.15) is 16.1 Å². The van der Waals surface area contributed by atoms with E-state index in [-0.39, 0.29) is 5.91 Å². The van der Waals surface area contributed by atoms with Gasteiger partial charge in [0.05, 0.1) is 11.8 Å². The molecule has 0 saturated carbocycles. The molecule has 1 aromatic rings. The molecule has 0 bridgehead atoms. The van der Waals surface area contributed by atoms with Gasteiger partial charge in [0.15, 0.2) is 0 Å². The van der Waals surface area contributed by atoms with E-state index in [1.54, 1.807) is 17.2 Å². The summed E-state index contributed by atoms with van der Waals surface area (Å²) in [5.41, 5.74) is 0.665. The molecule has 2 rings (SSSR count). The highest BCUT2D eigenvalue weighted by Gasteiger charge is 2.17. The van der Waals surface area contributed by atoms with Gasteiger partial charge in [-0.1, -0.05) is 0 Å². The van der Waals surface area contributed by atoms with Crippen molar-refractivity contribution in [1.29, 1.82) is 0 Å². The molecule has 1 aromatic heterocycles. The number of hydrogen-bond acceptors (Lipinski definition) is 4. The van der Waals surface area contributed by atoms with Crippen LogP contribution < -0.4 is 5.32 Å². The molecule has 1 amide bonds. The van der Waals surface area contributed by atoms with E-state index < -0.39 is 0 Å². The van der Waals surface area contributed by atoms with Gasteiger partial charge >= 0.3 is 0 Å². The van der Waals surface area contributed by atoms with Crippen LogP contribution in [0.25, 0.3) is 0 Å². The first kappa shape index (κ1) is 13.1. The van der Waals surface area contributed by atoms with Crippen LogP contribution in [0.5, 0.6) is 0 Å². The second kappa shape index (κ2) is 6.02. The third kappa shape index (κ3) is 3.11. The maximum Gasteiger partial charge on any atom is 0.257 e. The number of hydrogen-bond donors (Lipinski definition) is 1. The fourth-order valence-corrected chi connectivity index (χ4v) is 2.14. The molecule has 1 fully saturated rings. The van der Waals surface area contributed by atoms with E-state index >= 15 is 0 Å². The minimum absolute atomic E-state index is 0.0383.